The summed E-state index contributed by atoms with van der Waals surface area (Å²) in [4.78, 5) is 32.5. The summed E-state index contributed by atoms with van der Waals surface area (Å²) in [5.74, 6) is 1.33. The molecule has 3 aromatic rings. The first-order chi connectivity index (χ1) is 15.2. The van der Waals surface area contributed by atoms with E-state index in [-0.39, 0.29) is 24.9 Å². The second-order valence-corrected chi connectivity index (χ2v) is 9.80. The molecule has 0 radical (unpaired) electrons. The quantitative estimate of drug-likeness (QED) is 0.457. The second kappa shape index (κ2) is 10.8. The molecule has 2 aromatic carbocycles. The van der Waals surface area contributed by atoms with Gasteiger partial charge in [-0.25, -0.2) is 4.98 Å². The number of carbonyl (C=O) groups is 2. The lowest BCUT2D eigenvalue weighted by atomic mass is 10.1. The van der Waals surface area contributed by atoms with Crippen molar-refractivity contribution in [2.45, 2.75) is 40.8 Å². The number of benzene rings is 2. The molecule has 170 valence electrons. The van der Waals surface area contributed by atoms with Gasteiger partial charge in [-0.1, -0.05) is 61.8 Å². The van der Waals surface area contributed by atoms with Crippen molar-refractivity contribution in [3.63, 3.8) is 0 Å². The standard InChI is InChI=1S/C25H31BrN4O2/c1-17(2)14-29(15-18(3)4)24(31)16-30-22-11-6-5-10-21(22)28-23(30)13-27-25(32)19-8-7-9-20(26)12-19/h5-12,17-18H,13-16H2,1-4H3,(H,27,32). The van der Waals surface area contributed by atoms with Crippen molar-refractivity contribution in [2.75, 3.05) is 13.1 Å². The van der Waals surface area contributed by atoms with E-state index in [0.29, 0.717) is 23.2 Å². The topological polar surface area (TPSA) is 67.2 Å². The van der Waals surface area contributed by atoms with Crippen LogP contribution in [0.4, 0.5) is 0 Å². The molecule has 0 aliphatic rings. The summed E-state index contributed by atoms with van der Waals surface area (Å²) in [7, 11) is 0. The van der Waals surface area contributed by atoms with Crippen molar-refractivity contribution in [1.29, 1.82) is 0 Å². The van der Waals surface area contributed by atoms with Gasteiger partial charge >= 0.3 is 0 Å². The van der Waals surface area contributed by atoms with E-state index < -0.39 is 0 Å². The fourth-order valence-electron chi connectivity index (χ4n) is 3.72. The van der Waals surface area contributed by atoms with E-state index in [2.05, 4.69) is 48.9 Å². The molecule has 6 nitrogen and oxygen atoms in total. The Labute approximate surface area is 198 Å². The Morgan fingerprint density at radius 2 is 1.72 bits per heavy atom. The summed E-state index contributed by atoms with van der Waals surface area (Å²) in [6, 6.07) is 15.0. The van der Waals surface area contributed by atoms with E-state index in [0.717, 1.165) is 28.6 Å². The number of carbonyl (C=O) groups excluding carboxylic acids is 2. The number of amides is 2. The Balaban J connectivity index is 1.83. The number of rotatable bonds is 9. The lowest BCUT2D eigenvalue weighted by Gasteiger charge is -2.27. The molecule has 1 aromatic heterocycles. The van der Waals surface area contributed by atoms with Crippen molar-refractivity contribution in [2.24, 2.45) is 11.8 Å². The Kier molecular flexibility index (Phi) is 8.07. The SMILES string of the molecule is CC(C)CN(CC(C)C)C(=O)Cn1c(CNC(=O)c2cccc(Br)c2)nc2ccccc21. The lowest BCUT2D eigenvalue weighted by Crippen LogP contribution is -2.39. The van der Waals surface area contributed by atoms with Gasteiger partial charge in [0.25, 0.3) is 5.91 Å². The highest BCUT2D eigenvalue weighted by Gasteiger charge is 2.20. The predicted octanol–water partition coefficient (Wildman–Crippen LogP) is 4.87. The molecule has 0 aliphatic carbocycles. The maximum absolute atomic E-state index is 13.3. The van der Waals surface area contributed by atoms with Crippen LogP contribution in [0.5, 0.6) is 0 Å². The number of hydrogen-bond donors (Lipinski definition) is 1. The van der Waals surface area contributed by atoms with Crippen molar-refractivity contribution in [3.05, 3.63) is 64.4 Å². The first kappa shape index (κ1) is 24.0. The highest BCUT2D eigenvalue weighted by molar-refractivity contribution is 9.10. The molecule has 0 spiro atoms. The van der Waals surface area contributed by atoms with Crippen LogP contribution in [0.2, 0.25) is 0 Å². The molecule has 0 aliphatic heterocycles. The zero-order chi connectivity index (χ0) is 23.3. The molecule has 0 saturated heterocycles. The molecule has 0 fully saturated rings. The van der Waals surface area contributed by atoms with E-state index in [1.165, 1.54) is 0 Å². The van der Waals surface area contributed by atoms with Gasteiger partial charge in [-0.2, -0.15) is 0 Å². The van der Waals surface area contributed by atoms with E-state index >= 15 is 0 Å². The zero-order valence-corrected chi connectivity index (χ0v) is 20.7. The van der Waals surface area contributed by atoms with Crippen LogP contribution in [0.15, 0.2) is 53.0 Å². The van der Waals surface area contributed by atoms with Crippen LogP contribution in [0.1, 0.15) is 43.9 Å². The molecule has 32 heavy (non-hydrogen) atoms. The average molecular weight is 499 g/mol. The van der Waals surface area contributed by atoms with Crippen molar-refractivity contribution in [1.82, 2.24) is 19.8 Å². The molecule has 0 saturated carbocycles. The minimum Gasteiger partial charge on any atom is -0.345 e. The van der Waals surface area contributed by atoms with Gasteiger partial charge in [0.15, 0.2) is 0 Å². The average Bonchev–Trinajstić information content (AvgIpc) is 3.08. The summed E-state index contributed by atoms with van der Waals surface area (Å²) in [5.41, 5.74) is 2.27. The molecule has 1 heterocycles. The van der Waals surface area contributed by atoms with Crippen LogP contribution >= 0.6 is 15.9 Å². The molecule has 0 bridgehead atoms. The van der Waals surface area contributed by atoms with E-state index in [1.807, 2.05) is 45.9 Å². The number of nitrogens with one attached hydrogen (secondary N) is 1. The monoisotopic (exact) mass is 498 g/mol. The number of para-hydroxylation sites is 2. The van der Waals surface area contributed by atoms with Crippen LogP contribution < -0.4 is 5.32 Å². The molecule has 3 rings (SSSR count). The Morgan fingerprint density at radius 1 is 1.03 bits per heavy atom. The smallest absolute Gasteiger partial charge is 0.251 e. The lowest BCUT2D eigenvalue weighted by molar-refractivity contribution is -0.132. The van der Waals surface area contributed by atoms with Crippen LogP contribution in [-0.4, -0.2) is 39.4 Å². The molecular weight excluding hydrogens is 468 g/mol. The Bertz CT molecular complexity index is 1080. The minimum atomic E-state index is -0.183. The minimum absolute atomic E-state index is 0.0649. The van der Waals surface area contributed by atoms with E-state index in [1.54, 1.807) is 12.1 Å². The summed E-state index contributed by atoms with van der Waals surface area (Å²) in [6.45, 7) is 10.4. The first-order valence-corrected chi connectivity index (χ1v) is 11.8. The second-order valence-electron chi connectivity index (χ2n) is 8.88. The number of imidazole rings is 1. The van der Waals surface area contributed by atoms with Gasteiger partial charge < -0.3 is 14.8 Å². The van der Waals surface area contributed by atoms with Gasteiger partial charge in [0, 0.05) is 23.1 Å². The molecule has 1 N–H and O–H groups in total. The van der Waals surface area contributed by atoms with Gasteiger partial charge in [0.1, 0.15) is 12.4 Å². The molecular formula is C25H31BrN4O2. The largest absolute Gasteiger partial charge is 0.345 e. The third-order valence-electron chi connectivity index (χ3n) is 5.04. The van der Waals surface area contributed by atoms with Crippen molar-refractivity contribution < 1.29 is 9.59 Å². The highest BCUT2D eigenvalue weighted by atomic mass is 79.9. The molecule has 0 unspecified atom stereocenters. The normalized spacial score (nSPS) is 11.3. The maximum atomic E-state index is 13.3. The number of fused-ring (bicyclic) bond motifs is 1. The summed E-state index contributed by atoms with van der Waals surface area (Å²) in [6.07, 6.45) is 0. The number of halogens is 1. The number of hydrogen-bond acceptors (Lipinski definition) is 3. The van der Waals surface area contributed by atoms with Gasteiger partial charge in [0.2, 0.25) is 5.91 Å². The fourth-order valence-corrected chi connectivity index (χ4v) is 4.12. The number of aromatic nitrogens is 2. The first-order valence-electron chi connectivity index (χ1n) is 11.0. The van der Waals surface area contributed by atoms with Crippen molar-refractivity contribution in [3.8, 4) is 0 Å². The Morgan fingerprint density at radius 3 is 2.38 bits per heavy atom. The van der Waals surface area contributed by atoms with Gasteiger partial charge in [-0.05, 0) is 42.2 Å². The number of nitrogens with zero attached hydrogens (tertiary/aromatic N) is 3. The van der Waals surface area contributed by atoms with Crippen LogP contribution in [0, 0.1) is 11.8 Å². The van der Waals surface area contributed by atoms with Gasteiger partial charge in [-0.3, -0.25) is 9.59 Å². The zero-order valence-electron chi connectivity index (χ0n) is 19.1. The third kappa shape index (κ3) is 6.19. The van der Waals surface area contributed by atoms with Gasteiger partial charge in [-0.15, -0.1) is 0 Å². The maximum Gasteiger partial charge on any atom is 0.251 e. The third-order valence-corrected chi connectivity index (χ3v) is 5.54. The predicted molar refractivity (Wildman–Crippen MR) is 131 cm³/mol. The van der Waals surface area contributed by atoms with Gasteiger partial charge in [0.05, 0.1) is 17.6 Å². The molecule has 7 heteroatoms. The van der Waals surface area contributed by atoms with Crippen LogP contribution in [-0.2, 0) is 17.9 Å². The molecule has 2 amide bonds. The summed E-state index contributed by atoms with van der Waals surface area (Å²) < 4.78 is 2.77. The Hall–Kier alpha value is -2.67. The van der Waals surface area contributed by atoms with E-state index in [9.17, 15) is 9.59 Å². The summed E-state index contributed by atoms with van der Waals surface area (Å²) in [5, 5.41) is 2.94. The van der Waals surface area contributed by atoms with E-state index in [4.69, 9.17) is 4.98 Å². The van der Waals surface area contributed by atoms with Crippen LogP contribution in [0.25, 0.3) is 11.0 Å². The van der Waals surface area contributed by atoms with Crippen molar-refractivity contribution >= 4 is 38.8 Å². The fraction of sp³-hybridized carbons (Fsp3) is 0.400. The highest BCUT2D eigenvalue weighted by Crippen LogP contribution is 2.18. The van der Waals surface area contributed by atoms with Crippen LogP contribution in [0.3, 0.4) is 0 Å². The summed E-state index contributed by atoms with van der Waals surface area (Å²) >= 11 is 3.40. The molecule has 0 atom stereocenters.